The van der Waals surface area contributed by atoms with Crippen LogP contribution in [0.3, 0.4) is 0 Å². The average molecular weight is 278 g/mol. The van der Waals surface area contributed by atoms with Gasteiger partial charge in [0.05, 0.1) is 4.47 Å². The van der Waals surface area contributed by atoms with E-state index < -0.39 is 0 Å². The molecule has 0 atom stereocenters. The molecule has 0 spiro atoms. The Morgan fingerprint density at radius 1 is 1.25 bits per heavy atom. The highest BCUT2D eigenvalue weighted by atomic mass is 79.9. The lowest BCUT2D eigenvalue weighted by Crippen LogP contribution is -1.98. The zero-order valence-corrected chi connectivity index (χ0v) is 10.7. The molecule has 0 saturated carbocycles. The molecule has 0 bridgehead atoms. The van der Waals surface area contributed by atoms with Gasteiger partial charge in [-0.05, 0) is 28.4 Å². The first kappa shape index (κ1) is 11.1. The molecule has 3 nitrogen and oxygen atoms in total. The second-order valence-corrected chi connectivity index (χ2v) is 4.31. The summed E-state index contributed by atoms with van der Waals surface area (Å²) in [6, 6.07) is 8.08. The number of benzene rings is 1. The summed E-state index contributed by atoms with van der Waals surface area (Å²) in [4.78, 5) is 8.77. The number of nitrogens with one attached hydrogen (secondary N) is 1. The lowest BCUT2D eigenvalue weighted by molar-refractivity contribution is 1.14. The van der Waals surface area contributed by atoms with Crippen molar-refractivity contribution < 1.29 is 0 Å². The van der Waals surface area contributed by atoms with Crippen LogP contribution in [0.2, 0.25) is 0 Å². The van der Waals surface area contributed by atoms with Crippen LogP contribution in [0.4, 0.5) is 5.82 Å². The number of aryl methyl sites for hydroxylation is 1. The molecule has 1 aromatic heterocycles. The summed E-state index contributed by atoms with van der Waals surface area (Å²) in [6.45, 7) is 2.06. The Bertz CT molecular complexity index is 511. The maximum atomic E-state index is 4.45. The third-order valence-corrected chi connectivity index (χ3v) is 2.95. The van der Waals surface area contributed by atoms with E-state index in [9.17, 15) is 0 Å². The number of hydrogen-bond acceptors (Lipinski definition) is 3. The summed E-state index contributed by atoms with van der Waals surface area (Å²) in [5.74, 6) is 1.54. The standard InChI is InChI=1S/C12H12BrN3/c1-8-5-3-4-6-9(8)11-15-7-10(13)12(14-2)16-11/h3-7H,1-2H3,(H,14,15,16). The lowest BCUT2D eigenvalue weighted by atomic mass is 10.1. The fraction of sp³-hybridized carbons (Fsp3) is 0.167. The minimum atomic E-state index is 0.741. The Kier molecular flexibility index (Phi) is 3.19. The van der Waals surface area contributed by atoms with Gasteiger partial charge in [0.25, 0.3) is 0 Å². The van der Waals surface area contributed by atoms with Crippen molar-refractivity contribution in [2.45, 2.75) is 6.92 Å². The van der Waals surface area contributed by atoms with Crippen molar-refractivity contribution in [3.8, 4) is 11.4 Å². The first-order valence-corrected chi connectivity index (χ1v) is 5.78. The van der Waals surface area contributed by atoms with Crippen LogP contribution in [0.15, 0.2) is 34.9 Å². The van der Waals surface area contributed by atoms with Crippen LogP contribution in [0, 0.1) is 6.92 Å². The highest BCUT2D eigenvalue weighted by Gasteiger charge is 2.07. The number of rotatable bonds is 2. The van der Waals surface area contributed by atoms with Gasteiger partial charge in [-0.3, -0.25) is 0 Å². The highest BCUT2D eigenvalue weighted by Crippen LogP contribution is 2.24. The predicted octanol–water partition coefficient (Wildman–Crippen LogP) is 3.26. The molecule has 0 radical (unpaired) electrons. The van der Waals surface area contributed by atoms with Crippen LogP contribution >= 0.6 is 15.9 Å². The first-order valence-electron chi connectivity index (χ1n) is 4.98. The van der Waals surface area contributed by atoms with Gasteiger partial charge in [0.1, 0.15) is 5.82 Å². The Morgan fingerprint density at radius 2 is 2.00 bits per heavy atom. The molecule has 2 rings (SSSR count). The van der Waals surface area contributed by atoms with Gasteiger partial charge in [-0.2, -0.15) is 0 Å². The molecule has 1 aromatic carbocycles. The van der Waals surface area contributed by atoms with Gasteiger partial charge in [0, 0.05) is 18.8 Å². The van der Waals surface area contributed by atoms with E-state index in [1.54, 1.807) is 6.20 Å². The largest absolute Gasteiger partial charge is 0.372 e. The minimum absolute atomic E-state index is 0.741. The molecule has 0 unspecified atom stereocenters. The van der Waals surface area contributed by atoms with Gasteiger partial charge in [-0.25, -0.2) is 9.97 Å². The quantitative estimate of drug-likeness (QED) is 0.916. The van der Waals surface area contributed by atoms with E-state index in [0.29, 0.717) is 0 Å². The monoisotopic (exact) mass is 277 g/mol. The highest BCUT2D eigenvalue weighted by molar-refractivity contribution is 9.10. The number of hydrogen-bond donors (Lipinski definition) is 1. The van der Waals surface area contributed by atoms with Gasteiger partial charge in [-0.15, -0.1) is 0 Å². The third kappa shape index (κ3) is 2.07. The fourth-order valence-corrected chi connectivity index (χ4v) is 1.89. The summed E-state index contributed by atoms with van der Waals surface area (Å²) < 4.78 is 0.868. The van der Waals surface area contributed by atoms with Gasteiger partial charge >= 0.3 is 0 Å². The molecular formula is C12H12BrN3. The molecule has 82 valence electrons. The second kappa shape index (κ2) is 4.61. The Balaban J connectivity index is 2.53. The number of halogens is 1. The van der Waals surface area contributed by atoms with Crippen molar-refractivity contribution >= 4 is 21.7 Å². The number of aromatic nitrogens is 2. The van der Waals surface area contributed by atoms with E-state index in [-0.39, 0.29) is 0 Å². The molecule has 0 saturated heterocycles. The molecule has 0 aliphatic rings. The van der Waals surface area contributed by atoms with Crippen molar-refractivity contribution in [3.63, 3.8) is 0 Å². The maximum Gasteiger partial charge on any atom is 0.161 e. The summed E-state index contributed by atoms with van der Waals surface area (Å²) in [7, 11) is 1.84. The molecule has 16 heavy (non-hydrogen) atoms. The Morgan fingerprint density at radius 3 is 2.69 bits per heavy atom. The van der Waals surface area contributed by atoms with Crippen molar-refractivity contribution in [2.24, 2.45) is 0 Å². The molecule has 0 amide bonds. The summed E-state index contributed by atoms with van der Waals surface area (Å²) in [5.41, 5.74) is 2.23. The summed E-state index contributed by atoms with van der Waals surface area (Å²) >= 11 is 3.39. The zero-order chi connectivity index (χ0) is 11.5. The molecule has 1 N–H and O–H groups in total. The van der Waals surface area contributed by atoms with E-state index in [0.717, 1.165) is 21.7 Å². The number of anilines is 1. The maximum absolute atomic E-state index is 4.45. The van der Waals surface area contributed by atoms with Crippen LogP contribution in [-0.4, -0.2) is 17.0 Å². The Labute approximate surface area is 103 Å². The molecule has 0 fully saturated rings. The number of nitrogens with zero attached hydrogens (tertiary/aromatic N) is 2. The molecule has 0 aliphatic heterocycles. The Hall–Kier alpha value is -1.42. The van der Waals surface area contributed by atoms with Crippen molar-refractivity contribution in [1.82, 2.24) is 9.97 Å². The van der Waals surface area contributed by atoms with Crippen LogP contribution in [0.25, 0.3) is 11.4 Å². The molecule has 1 heterocycles. The van der Waals surface area contributed by atoms with Crippen LogP contribution < -0.4 is 5.32 Å². The SMILES string of the molecule is CNc1nc(-c2ccccc2C)ncc1Br. The van der Waals surface area contributed by atoms with E-state index in [1.807, 2.05) is 25.2 Å². The average Bonchev–Trinajstić information content (AvgIpc) is 2.31. The predicted molar refractivity (Wildman–Crippen MR) is 69.5 cm³/mol. The zero-order valence-electron chi connectivity index (χ0n) is 9.16. The van der Waals surface area contributed by atoms with Crippen molar-refractivity contribution in [3.05, 3.63) is 40.5 Å². The van der Waals surface area contributed by atoms with Crippen LogP contribution in [0.5, 0.6) is 0 Å². The normalized spacial score (nSPS) is 10.2. The van der Waals surface area contributed by atoms with Crippen molar-refractivity contribution in [1.29, 1.82) is 0 Å². The van der Waals surface area contributed by atoms with Gasteiger partial charge in [0.2, 0.25) is 0 Å². The summed E-state index contributed by atoms with van der Waals surface area (Å²) in [5, 5.41) is 3.03. The van der Waals surface area contributed by atoms with E-state index >= 15 is 0 Å². The second-order valence-electron chi connectivity index (χ2n) is 3.46. The van der Waals surface area contributed by atoms with E-state index in [2.05, 4.69) is 44.2 Å². The van der Waals surface area contributed by atoms with Gasteiger partial charge < -0.3 is 5.32 Å². The van der Waals surface area contributed by atoms with E-state index in [4.69, 9.17) is 0 Å². The van der Waals surface area contributed by atoms with Crippen LogP contribution in [-0.2, 0) is 0 Å². The topological polar surface area (TPSA) is 37.8 Å². The summed E-state index contributed by atoms with van der Waals surface area (Å²) in [6.07, 6.45) is 1.76. The smallest absolute Gasteiger partial charge is 0.161 e. The minimum Gasteiger partial charge on any atom is -0.372 e. The first-order chi connectivity index (χ1) is 7.72. The van der Waals surface area contributed by atoms with Gasteiger partial charge in [0.15, 0.2) is 5.82 Å². The molecule has 2 aromatic rings. The molecule has 0 aliphatic carbocycles. The molecule has 4 heteroatoms. The third-order valence-electron chi connectivity index (χ3n) is 2.37. The molecular weight excluding hydrogens is 266 g/mol. The van der Waals surface area contributed by atoms with Crippen molar-refractivity contribution in [2.75, 3.05) is 12.4 Å². The van der Waals surface area contributed by atoms with Gasteiger partial charge in [-0.1, -0.05) is 24.3 Å². The van der Waals surface area contributed by atoms with E-state index in [1.165, 1.54) is 5.56 Å². The lowest BCUT2D eigenvalue weighted by Gasteiger charge is -2.07. The fourth-order valence-electron chi connectivity index (χ4n) is 1.50. The van der Waals surface area contributed by atoms with Crippen LogP contribution in [0.1, 0.15) is 5.56 Å².